The van der Waals surface area contributed by atoms with Gasteiger partial charge in [-0.3, -0.25) is 14.5 Å². The molecule has 0 radical (unpaired) electrons. The van der Waals surface area contributed by atoms with Crippen molar-refractivity contribution < 1.29 is 28.9 Å². The quantitative estimate of drug-likeness (QED) is 0.0406. The Balaban J connectivity index is 1.21. The highest BCUT2D eigenvalue weighted by molar-refractivity contribution is 8.00. The van der Waals surface area contributed by atoms with E-state index in [-0.39, 0.29) is 16.5 Å². The van der Waals surface area contributed by atoms with Gasteiger partial charge >= 0.3 is 5.91 Å². The van der Waals surface area contributed by atoms with E-state index in [2.05, 4.69) is 40.5 Å². The highest BCUT2D eigenvalue weighted by Gasteiger charge is 2.48. The van der Waals surface area contributed by atoms with Crippen LogP contribution in [0.25, 0.3) is 5.76 Å². The fraction of sp³-hybridized carbons (Fsp3) is 0.163. The molecule has 1 N–H and O–H groups in total. The first-order valence-electron chi connectivity index (χ1n) is 17.2. The molecular weight excluding hydrogens is 719 g/mol. The Bertz CT molecular complexity index is 2310. The van der Waals surface area contributed by atoms with E-state index in [0.717, 1.165) is 22.3 Å². The number of aryl methyl sites for hydroxylation is 2. The number of aliphatic hydroxyl groups is 1. The Morgan fingerprint density at radius 1 is 0.759 bits per heavy atom. The molecule has 2 heterocycles. The smallest absolute Gasteiger partial charge is 0.301 e. The largest absolute Gasteiger partial charge is 0.507 e. The van der Waals surface area contributed by atoms with Crippen LogP contribution in [-0.2, 0) is 28.6 Å². The van der Waals surface area contributed by atoms with Crippen LogP contribution >= 0.6 is 23.1 Å². The standard InChI is InChI=1S/C43H37N3O6S2/c1-27-12-14-30(15-13-27)26-53-43-45-44-42(54-43)46-38(33-18-21-35(36(23-33)50-3)52-24-29-9-5-4-6-10-29)37(40(48)41(46)49)39(47)32-16-19-34(20-17-32)51-25-31-11-7-8-28(2)22-31/h4-23,38,47H,24-26H2,1-3H3. The average Bonchev–Trinajstić information content (AvgIpc) is 3.77. The monoisotopic (exact) mass is 755 g/mol. The predicted molar refractivity (Wildman–Crippen MR) is 211 cm³/mol. The number of ether oxygens (including phenoxy) is 3. The van der Waals surface area contributed by atoms with E-state index in [0.29, 0.717) is 51.7 Å². The van der Waals surface area contributed by atoms with Gasteiger partial charge in [0, 0.05) is 11.3 Å². The number of anilines is 1. The molecule has 1 atom stereocenters. The lowest BCUT2D eigenvalue weighted by Gasteiger charge is -2.23. The molecule has 1 aliphatic heterocycles. The first-order valence-corrected chi connectivity index (χ1v) is 19.0. The molecule has 11 heteroatoms. The molecule has 54 heavy (non-hydrogen) atoms. The summed E-state index contributed by atoms with van der Waals surface area (Å²) in [5.74, 6) is 0.130. The number of carbonyl (C=O) groups is 2. The maximum Gasteiger partial charge on any atom is 0.301 e. The summed E-state index contributed by atoms with van der Waals surface area (Å²) >= 11 is 2.70. The van der Waals surface area contributed by atoms with E-state index in [1.54, 1.807) is 42.5 Å². The molecular formula is C43H37N3O6S2. The molecule has 0 spiro atoms. The van der Waals surface area contributed by atoms with Crippen LogP contribution in [0.1, 0.15) is 45.0 Å². The second-order valence-electron chi connectivity index (χ2n) is 12.8. The molecule has 1 saturated heterocycles. The second kappa shape index (κ2) is 16.4. The zero-order chi connectivity index (χ0) is 37.6. The highest BCUT2D eigenvalue weighted by atomic mass is 32.2. The van der Waals surface area contributed by atoms with Crippen LogP contribution in [-0.4, -0.2) is 34.1 Å². The van der Waals surface area contributed by atoms with Gasteiger partial charge in [-0.25, -0.2) is 0 Å². The van der Waals surface area contributed by atoms with E-state index >= 15 is 0 Å². The van der Waals surface area contributed by atoms with Crippen LogP contribution < -0.4 is 19.1 Å². The summed E-state index contributed by atoms with van der Waals surface area (Å²) in [6.45, 7) is 4.75. The third-order valence-electron chi connectivity index (χ3n) is 8.89. The maximum absolute atomic E-state index is 13.9. The normalized spacial score (nSPS) is 15.0. The summed E-state index contributed by atoms with van der Waals surface area (Å²) in [5, 5.41) is 20.8. The van der Waals surface area contributed by atoms with Gasteiger partial charge in [-0.2, -0.15) is 0 Å². The van der Waals surface area contributed by atoms with Gasteiger partial charge in [0.05, 0.1) is 18.7 Å². The van der Waals surface area contributed by atoms with Crippen LogP contribution in [0.15, 0.2) is 131 Å². The van der Waals surface area contributed by atoms with Crippen molar-refractivity contribution in [3.8, 4) is 17.2 Å². The van der Waals surface area contributed by atoms with E-state index < -0.39 is 17.7 Å². The molecule has 0 saturated carbocycles. The number of thioether (sulfide) groups is 1. The molecule has 5 aromatic carbocycles. The number of rotatable bonds is 13. The number of aliphatic hydroxyl groups excluding tert-OH is 1. The van der Waals surface area contributed by atoms with Crippen molar-refractivity contribution in [2.24, 2.45) is 0 Å². The van der Waals surface area contributed by atoms with E-state index in [1.165, 1.54) is 40.7 Å². The number of carbonyl (C=O) groups excluding carboxylic acids is 2. The number of hydrogen-bond acceptors (Lipinski definition) is 10. The Labute approximate surface area is 321 Å². The second-order valence-corrected chi connectivity index (χ2v) is 15.0. The molecule has 1 amide bonds. The first kappa shape index (κ1) is 36.4. The molecule has 6 aromatic rings. The average molecular weight is 756 g/mol. The summed E-state index contributed by atoms with van der Waals surface area (Å²) in [6.07, 6.45) is 0. The van der Waals surface area contributed by atoms with Gasteiger partial charge in [-0.1, -0.05) is 119 Å². The zero-order valence-electron chi connectivity index (χ0n) is 29.9. The van der Waals surface area contributed by atoms with Crippen molar-refractivity contribution in [2.45, 2.75) is 43.2 Å². The first-order chi connectivity index (χ1) is 26.3. The SMILES string of the molecule is COc1cc(C2C(=C(O)c3ccc(OCc4cccc(C)c4)cc3)C(=O)C(=O)N2c2nnc(SCc3ccc(C)cc3)s2)ccc1OCc1ccccc1. The molecule has 272 valence electrons. The number of nitrogens with zero attached hydrogens (tertiary/aromatic N) is 3. The van der Waals surface area contributed by atoms with Crippen molar-refractivity contribution >= 4 is 45.7 Å². The zero-order valence-corrected chi connectivity index (χ0v) is 31.5. The lowest BCUT2D eigenvalue weighted by atomic mass is 9.95. The summed E-state index contributed by atoms with van der Waals surface area (Å²) in [5.41, 5.74) is 6.23. The molecule has 0 aliphatic carbocycles. The van der Waals surface area contributed by atoms with Crippen molar-refractivity contribution in [2.75, 3.05) is 12.0 Å². The number of benzene rings is 5. The summed E-state index contributed by atoms with van der Waals surface area (Å²) in [7, 11) is 1.52. The van der Waals surface area contributed by atoms with Gasteiger partial charge < -0.3 is 19.3 Å². The summed E-state index contributed by atoms with van der Waals surface area (Å²) in [4.78, 5) is 29.2. The van der Waals surface area contributed by atoms with E-state index in [1.807, 2.05) is 62.4 Å². The van der Waals surface area contributed by atoms with Gasteiger partial charge in [-0.05, 0) is 72.5 Å². The lowest BCUT2D eigenvalue weighted by Crippen LogP contribution is -2.29. The van der Waals surface area contributed by atoms with Gasteiger partial charge in [0.15, 0.2) is 15.8 Å². The van der Waals surface area contributed by atoms with Crippen LogP contribution in [0.5, 0.6) is 17.2 Å². The van der Waals surface area contributed by atoms with E-state index in [4.69, 9.17) is 14.2 Å². The minimum absolute atomic E-state index is 0.0857. The van der Waals surface area contributed by atoms with Crippen LogP contribution in [0, 0.1) is 13.8 Å². The maximum atomic E-state index is 13.9. The Kier molecular flexibility index (Phi) is 11.1. The van der Waals surface area contributed by atoms with Crippen LogP contribution in [0.3, 0.4) is 0 Å². The number of methoxy groups -OCH3 is 1. The van der Waals surface area contributed by atoms with Crippen molar-refractivity contribution in [3.05, 3.63) is 166 Å². The molecule has 1 aromatic heterocycles. The molecule has 9 nitrogen and oxygen atoms in total. The van der Waals surface area contributed by atoms with Gasteiger partial charge in [0.1, 0.15) is 24.7 Å². The number of amides is 1. The van der Waals surface area contributed by atoms with Crippen molar-refractivity contribution in [3.63, 3.8) is 0 Å². The molecule has 1 aliphatic rings. The fourth-order valence-electron chi connectivity index (χ4n) is 6.07. The molecule has 0 bridgehead atoms. The Morgan fingerprint density at radius 2 is 1.50 bits per heavy atom. The van der Waals surface area contributed by atoms with Gasteiger partial charge in [0.2, 0.25) is 5.13 Å². The van der Waals surface area contributed by atoms with Crippen LogP contribution in [0.4, 0.5) is 5.13 Å². The number of ketones is 1. The van der Waals surface area contributed by atoms with Crippen molar-refractivity contribution in [1.29, 1.82) is 0 Å². The number of hydrogen-bond donors (Lipinski definition) is 1. The minimum atomic E-state index is -1.04. The topological polar surface area (TPSA) is 111 Å². The van der Waals surface area contributed by atoms with E-state index in [9.17, 15) is 14.7 Å². The van der Waals surface area contributed by atoms with Crippen molar-refractivity contribution in [1.82, 2.24) is 10.2 Å². The molecule has 7 rings (SSSR count). The van der Waals surface area contributed by atoms with Gasteiger partial charge in [-0.15, -0.1) is 10.2 Å². The summed E-state index contributed by atoms with van der Waals surface area (Å²) < 4.78 is 18.4. The van der Waals surface area contributed by atoms with Crippen LogP contribution in [0.2, 0.25) is 0 Å². The number of Topliss-reactive ketones (excluding diaryl/α,β-unsaturated/α-hetero) is 1. The Hall–Kier alpha value is -5.91. The minimum Gasteiger partial charge on any atom is -0.507 e. The lowest BCUT2D eigenvalue weighted by molar-refractivity contribution is -0.132. The highest BCUT2D eigenvalue weighted by Crippen LogP contribution is 2.46. The molecule has 1 fully saturated rings. The third kappa shape index (κ3) is 8.17. The Morgan fingerprint density at radius 3 is 2.24 bits per heavy atom. The molecule has 1 unspecified atom stereocenters. The number of aromatic nitrogens is 2. The predicted octanol–water partition coefficient (Wildman–Crippen LogP) is 9.24. The third-order valence-corrected chi connectivity index (χ3v) is 11.0. The fourth-order valence-corrected chi connectivity index (χ4v) is 7.90. The van der Waals surface area contributed by atoms with Gasteiger partial charge in [0.25, 0.3) is 5.78 Å². The summed E-state index contributed by atoms with van der Waals surface area (Å²) in [6, 6.07) is 37.0.